The molecule has 2 aliphatic rings. The first-order valence-corrected chi connectivity index (χ1v) is 12.4. The van der Waals surface area contributed by atoms with Crippen molar-refractivity contribution in [2.75, 3.05) is 23.4 Å². The molecule has 4 rings (SSSR count). The molecule has 7 nitrogen and oxygen atoms in total. The van der Waals surface area contributed by atoms with Crippen LogP contribution >= 0.6 is 0 Å². The number of fused-ring (bicyclic) bond motifs is 2. The van der Waals surface area contributed by atoms with Gasteiger partial charge in [-0.3, -0.25) is 9.69 Å². The highest BCUT2D eigenvalue weighted by molar-refractivity contribution is 5.90. The van der Waals surface area contributed by atoms with Gasteiger partial charge in [0.25, 0.3) is 0 Å². The van der Waals surface area contributed by atoms with Gasteiger partial charge in [0.05, 0.1) is 24.8 Å². The second-order valence-electron chi connectivity index (χ2n) is 10.5. The van der Waals surface area contributed by atoms with Crippen LogP contribution in [0.3, 0.4) is 0 Å². The van der Waals surface area contributed by atoms with Crippen molar-refractivity contribution in [3.05, 3.63) is 53.1 Å². The molecule has 0 aromatic heterocycles. The summed E-state index contributed by atoms with van der Waals surface area (Å²) in [5.41, 5.74) is 4.56. The summed E-state index contributed by atoms with van der Waals surface area (Å²) in [7, 11) is 0. The lowest BCUT2D eigenvalue weighted by Gasteiger charge is -2.33. The van der Waals surface area contributed by atoms with E-state index in [-0.39, 0.29) is 24.1 Å². The largest absolute Gasteiger partial charge is 0.493 e. The van der Waals surface area contributed by atoms with Crippen molar-refractivity contribution < 1.29 is 23.8 Å². The number of carbonyl (C=O) groups is 2. The summed E-state index contributed by atoms with van der Waals surface area (Å²) in [6, 6.07) is 12.2. The molecule has 0 saturated carbocycles. The Labute approximate surface area is 207 Å². The van der Waals surface area contributed by atoms with Crippen LogP contribution in [0.2, 0.25) is 0 Å². The normalized spacial score (nSPS) is 16.9. The predicted octanol–water partition coefficient (Wildman–Crippen LogP) is 5.80. The van der Waals surface area contributed by atoms with E-state index in [1.54, 1.807) is 4.90 Å². The van der Waals surface area contributed by atoms with Crippen LogP contribution in [-0.2, 0) is 27.2 Å². The van der Waals surface area contributed by atoms with E-state index >= 15 is 0 Å². The van der Waals surface area contributed by atoms with Crippen LogP contribution in [0.4, 0.5) is 16.2 Å². The van der Waals surface area contributed by atoms with E-state index in [1.807, 2.05) is 58.9 Å². The Morgan fingerprint density at radius 2 is 2.00 bits per heavy atom. The third-order valence-corrected chi connectivity index (χ3v) is 6.07. The number of rotatable bonds is 6. The molecule has 2 aromatic rings. The van der Waals surface area contributed by atoms with E-state index < -0.39 is 5.60 Å². The Bertz CT molecular complexity index is 1090. The van der Waals surface area contributed by atoms with Gasteiger partial charge in [0.2, 0.25) is 0 Å². The third kappa shape index (κ3) is 6.08. The maximum atomic E-state index is 12.9. The fourth-order valence-corrected chi connectivity index (χ4v) is 4.64. The molecule has 1 N–H and O–H groups in total. The molecule has 0 bridgehead atoms. The second kappa shape index (κ2) is 10.2. The Morgan fingerprint density at radius 3 is 2.74 bits per heavy atom. The van der Waals surface area contributed by atoms with Crippen LogP contribution in [0.15, 0.2) is 36.4 Å². The molecule has 0 spiro atoms. The summed E-state index contributed by atoms with van der Waals surface area (Å²) >= 11 is 0. The monoisotopic (exact) mass is 480 g/mol. The fourth-order valence-electron chi connectivity index (χ4n) is 4.64. The van der Waals surface area contributed by atoms with Crippen molar-refractivity contribution in [3.63, 3.8) is 0 Å². The van der Waals surface area contributed by atoms with Gasteiger partial charge in [0, 0.05) is 36.3 Å². The van der Waals surface area contributed by atoms with E-state index in [0.29, 0.717) is 26.1 Å². The van der Waals surface area contributed by atoms with Crippen molar-refractivity contribution in [3.8, 4) is 5.75 Å². The summed E-state index contributed by atoms with van der Waals surface area (Å²) in [6.45, 7) is 11.0. The smallest absolute Gasteiger partial charge is 0.414 e. The number of nitrogens with one attached hydrogen (secondary N) is 1. The van der Waals surface area contributed by atoms with Gasteiger partial charge in [-0.05, 0) is 64.7 Å². The number of anilines is 2. The zero-order valence-corrected chi connectivity index (χ0v) is 21.3. The highest BCUT2D eigenvalue weighted by atomic mass is 16.6. The fraction of sp³-hybridized carbons (Fsp3) is 0.500. The highest BCUT2D eigenvalue weighted by Gasteiger charge is 2.30. The first-order chi connectivity index (χ1) is 16.6. The minimum atomic E-state index is -0.546. The van der Waals surface area contributed by atoms with Gasteiger partial charge in [-0.2, -0.15) is 0 Å². The minimum absolute atomic E-state index is 0.00818. The molecule has 0 saturated heterocycles. The Morgan fingerprint density at radius 1 is 1.20 bits per heavy atom. The molecule has 1 atom stereocenters. The Balaban J connectivity index is 1.47. The van der Waals surface area contributed by atoms with Gasteiger partial charge in [-0.1, -0.05) is 24.3 Å². The lowest BCUT2D eigenvalue weighted by atomic mass is 9.97. The van der Waals surface area contributed by atoms with Crippen molar-refractivity contribution >= 4 is 23.4 Å². The van der Waals surface area contributed by atoms with Gasteiger partial charge in [0.1, 0.15) is 11.4 Å². The summed E-state index contributed by atoms with van der Waals surface area (Å²) in [4.78, 5) is 26.8. The molecule has 2 aromatic carbocycles. The van der Waals surface area contributed by atoms with Crippen LogP contribution in [0.1, 0.15) is 70.1 Å². The van der Waals surface area contributed by atoms with Gasteiger partial charge in [-0.15, -0.1) is 0 Å². The second-order valence-corrected chi connectivity index (χ2v) is 10.5. The Kier molecular flexibility index (Phi) is 7.24. The molecule has 0 aliphatic carbocycles. The number of benzene rings is 2. The summed E-state index contributed by atoms with van der Waals surface area (Å²) < 4.78 is 16.8. The lowest BCUT2D eigenvalue weighted by molar-refractivity contribution is -0.147. The van der Waals surface area contributed by atoms with Crippen molar-refractivity contribution in [2.24, 2.45) is 0 Å². The minimum Gasteiger partial charge on any atom is -0.493 e. The predicted molar refractivity (Wildman–Crippen MR) is 136 cm³/mol. The molecular formula is C28H36N2O5. The molecule has 35 heavy (non-hydrogen) atoms. The molecule has 7 heteroatoms. The maximum absolute atomic E-state index is 12.9. The van der Waals surface area contributed by atoms with Crippen LogP contribution in [0.25, 0.3) is 0 Å². The van der Waals surface area contributed by atoms with Crippen molar-refractivity contribution in [2.45, 2.75) is 78.0 Å². The Hall–Kier alpha value is -3.22. The van der Waals surface area contributed by atoms with Crippen LogP contribution < -0.4 is 15.0 Å². The number of carbonyl (C=O) groups excluding carboxylic acids is 2. The molecule has 2 heterocycles. The summed E-state index contributed by atoms with van der Waals surface area (Å²) in [5.74, 6) is 0.601. The molecule has 2 aliphatic heterocycles. The number of amides is 1. The average molecular weight is 481 g/mol. The summed E-state index contributed by atoms with van der Waals surface area (Å²) in [5, 5.41) is 3.48. The number of nitrogens with zero attached hydrogens (tertiary/aromatic N) is 1. The molecule has 188 valence electrons. The number of hydrogen-bond acceptors (Lipinski definition) is 6. The number of hydrogen-bond donors (Lipinski definition) is 1. The number of esters is 1. The van der Waals surface area contributed by atoms with E-state index in [2.05, 4.69) is 17.4 Å². The number of aryl methyl sites for hydroxylation is 1. The van der Waals surface area contributed by atoms with E-state index in [9.17, 15) is 9.59 Å². The molecule has 1 amide bonds. The van der Waals surface area contributed by atoms with E-state index in [1.165, 1.54) is 0 Å². The lowest BCUT2D eigenvalue weighted by Crippen LogP contribution is -2.40. The standard InChI is InChI=1S/C28H36N2O5/c1-18(2)34-25(31)14-21-17-33-24-15-22(11-12-23(21)24)29-16-20-9-6-8-19-10-7-13-30(26(19)20)27(32)35-28(3,4)5/h6,8-9,11-12,15,18,21,29H,7,10,13-14,16-17H2,1-5H3. The highest BCUT2D eigenvalue weighted by Crippen LogP contribution is 2.38. The third-order valence-electron chi connectivity index (χ3n) is 6.07. The van der Waals surface area contributed by atoms with Gasteiger partial charge < -0.3 is 19.5 Å². The zero-order chi connectivity index (χ0) is 25.2. The summed E-state index contributed by atoms with van der Waals surface area (Å²) in [6.07, 6.45) is 1.74. The maximum Gasteiger partial charge on any atom is 0.414 e. The van der Waals surface area contributed by atoms with Crippen molar-refractivity contribution in [1.82, 2.24) is 0 Å². The van der Waals surface area contributed by atoms with Crippen LogP contribution in [0.5, 0.6) is 5.75 Å². The van der Waals surface area contributed by atoms with E-state index in [4.69, 9.17) is 14.2 Å². The SMILES string of the molecule is CC(C)OC(=O)CC1COc2cc(NCc3cccc4c3N(C(=O)OC(C)(C)C)CCC4)ccc21. The molecule has 0 radical (unpaired) electrons. The van der Waals surface area contributed by atoms with Crippen LogP contribution in [0, 0.1) is 0 Å². The van der Waals surface area contributed by atoms with Gasteiger partial charge >= 0.3 is 12.1 Å². The zero-order valence-electron chi connectivity index (χ0n) is 21.3. The average Bonchev–Trinajstić information content (AvgIpc) is 3.17. The van der Waals surface area contributed by atoms with E-state index in [0.717, 1.165) is 46.7 Å². The van der Waals surface area contributed by atoms with Crippen molar-refractivity contribution in [1.29, 1.82) is 0 Å². The quantitative estimate of drug-likeness (QED) is 0.526. The van der Waals surface area contributed by atoms with Gasteiger partial charge in [0.15, 0.2) is 0 Å². The first-order valence-electron chi connectivity index (χ1n) is 12.4. The topological polar surface area (TPSA) is 77.1 Å². The molecule has 1 unspecified atom stereocenters. The van der Waals surface area contributed by atoms with Crippen LogP contribution in [-0.4, -0.2) is 36.9 Å². The number of ether oxygens (including phenoxy) is 3. The first kappa shape index (κ1) is 24.9. The number of para-hydroxylation sites is 1. The molecular weight excluding hydrogens is 444 g/mol. The van der Waals surface area contributed by atoms with Gasteiger partial charge in [-0.25, -0.2) is 4.79 Å². The molecule has 0 fully saturated rings.